The topological polar surface area (TPSA) is 71.6 Å². The lowest BCUT2D eigenvalue weighted by atomic mass is 9.80. The van der Waals surface area contributed by atoms with Gasteiger partial charge in [-0.1, -0.05) is 41.9 Å². The average Bonchev–Trinajstić information content (AvgIpc) is 3.29. The molecule has 1 N–H and O–H groups in total. The largest absolute Gasteiger partial charge is 0.389 e. The number of aliphatic hydroxyl groups is 1. The number of hydrogen-bond acceptors (Lipinski definition) is 6. The summed E-state index contributed by atoms with van der Waals surface area (Å²) < 4.78 is 10.8. The summed E-state index contributed by atoms with van der Waals surface area (Å²) >= 11 is 0. The second kappa shape index (κ2) is 6.86. The Morgan fingerprint density at radius 1 is 1.40 bits per heavy atom. The van der Waals surface area contributed by atoms with Gasteiger partial charge in [-0.05, 0) is 18.8 Å². The van der Waals surface area contributed by atoms with Crippen molar-refractivity contribution in [1.29, 1.82) is 0 Å². The number of rotatable bonds is 6. The number of likely N-dealkylation sites (tertiary alicyclic amines) is 1. The maximum atomic E-state index is 10.1. The van der Waals surface area contributed by atoms with E-state index in [9.17, 15) is 5.11 Å². The normalized spacial score (nSPS) is 27.5. The van der Waals surface area contributed by atoms with Crippen LogP contribution in [0.3, 0.4) is 0 Å². The molecule has 1 aromatic carbocycles. The van der Waals surface area contributed by atoms with Crippen molar-refractivity contribution in [3.63, 3.8) is 0 Å². The molecule has 25 heavy (non-hydrogen) atoms. The average molecular weight is 343 g/mol. The molecule has 0 unspecified atom stereocenters. The quantitative estimate of drug-likeness (QED) is 0.866. The van der Waals surface area contributed by atoms with Crippen molar-refractivity contribution < 1.29 is 14.4 Å². The first-order valence-corrected chi connectivity index (χ1v) is 9.00. The van der Waals surface area contributed by atoms with E-state index in [0.29, 0.717) is 24.9 Å². The van der Waals surface area contributed by atoms with Gasteiger partial charge in [0.1, 0.15) is 0 Å². The Balaban J connectivity index is 1.55. The zero-order valence-corrected chi connectivity index (χ0v) is 14.6. The highest BCUT2D eigenvalue weighted by molar-refractivity contribution is 5.53. The summed E-state index contributed by atoms with van der Waals surface area (Å²) in [5.74, 6) is 1.94. The van der Waals surface area contributed by atoms with Crippen molar-refractivity contribution in [1.82, 2.24) is 15.0 Å². The van der Waals surface area contributed by atoms with Crippen LogP contribution in [0.25, 0.3) is 11.4 Å². The molecule has 1 aromatic heterocycles. The Labute approximate surface area is 147 Å². The van der Waals surface area contributed by atoms with Crippen molar-refractivity contribution in [3.05, 3.63) is 36.2 Å². The van der Waals surface area contributed by atoms with Gasteiger partial charge < -0.3 is 14.4 Å². The number of ether oxygens (including phenoxy) is 1. The molecular weight excluding hydrogens is 318 g/mol. The molecular formula is C19H25N3O3. The summed E-state index contributed by atoms with van der Waals surface area (Å²) in [5, 5.41) is 14.3. The summed E-state index contributed by atoms with van der Waals surface area (Å²) in [5.41, 5.74) is 0.918. The number of aromatic nitrogens is 2. The minimum Gasteiger partial charge on any atom is -0.389 e. The third kappa shape index (κ3) is 3.10. The van der Waals surface area contributed by atoms with Gasteiger partial charge in [0.2, 0.25) is 11.7 Å². The Morgan fingerprint density at radius 2 is 2.24 bits per heavy atom. The molecule has 3 atom stereocenters. The van der Waals surface area contributed by atoms with Crippen LogP contribution in [0.1, 0.15) is 25.2 Å². The van der Waals surface area contributed by atoms with Crippen LogP contribution in [-0.4, -0.2) is 59.6 Å². The van der Waals surface area contributed by atoms with Gasteiger partial charge in [0.05, 0.1) is 18.1 Å². The monoisotopic (exact) mass is 343 g/mol. The van der Waals surface area contributed by atoms with Crippen molar-refractivity contribution in [2.75, 3.05) is 33.4 Å². The summed E-state index contributed by atoms with van der Waals surface area (Å²) in [6.45, 7) is 2.84. The van der Waals surface area contributed by atoms with E-state index in [2.05, 4.69) is 10.1 Å². The molecule has 1 saturated carbocycles. The fraction of sp³-hybridized carbons (Fsp3) is 0.579. The molecule has 1 saturated heterocycles. The van der Waals surface area contributed by atoms with Gasteiger partial charge in [0.25, 0.3) is 0 Å². The van der Waals surface area contributed by atoms with E-state index in [1.165, 1.54) is 12.8 Å². The van der Waals surface area contributed by atoms with E-state index in [-0.39, 0.29) is 5.41 Å². The lowest BCUT2D eigenvalue weighted by molar-refractivity contribution is 0.0405. The van der Waals surface area contributed by atoms with E-state index in [1.807, 2.05) is 30.3 Å². The Kier molecular flexibility index (Phi) is 4.58. The van der Waals surface area contributed by atoms with Crippen LogP contribution < -0.4 is 0 Å². The SMILES string of the molecule is COC[C@@H](O)CN1C[C@H]2CCC[C@@]2(c2nc(-c3ccccc3)no2)C1. The maximum Gasteiger partial charge on any atom is 0.234 e. The smallest absolute Gasteiger partial charge is 0.234 e. The van der Waals surface area contributed by atoms with Crippen molar-refractivity contribution >= 4 is 0 Å². The molecule has 2 aliphatic rings. The van der Waals surface area contributed by atoms with Crippen molar-refractivity contribution in [2.45, 2.75) is 30.8 Å². The molecule has 2 aromatic rings. The zero-order chi connectivity index (χ0) is 17.3. The van der Waals surface area contributed by atoms with Crippen LogP contribution in [0.2, 0.25) is 0 Å². The van der Waals surface area contributed by atoms with Gasteiger partial charge in [0.15, 0.2) is 0 Å². The Hall–Kier alpha value is -1.76. The van der Waals surface area contributed by atoms with Crippen LogP contribution >= 0.6 is 0 Å². The van der Waals surface area contributed by atoms with Crippen LogP contribution in [0.5, 0.6) is 0 Å². The van der Waals surface area contributed by atoms with Gasteiger partial charge in [0, 0.05) is 32.3 Å². The van der Waals surface area contributed by atoms with Crippen molar-refractivity contribution in [2.24, 2.45) is 5.92 Å². The molecule has 0 amide bonds. The molecule has 134 valence electrons. The number of β-amino-alcohol motifs (C(OH)–C–C–N with tert-alkyl or cyclic N) is 1. The highest BCUT2D eigenvalue weighted by Gasteiger charge is 2.54. The molecule has 6 nitrogen and oxygen atoms in total. The molecule has 2 heterocycles. The maximum absolute atomic E-state index is 10.1. The highest BCUT2D eigenvalue weighted by atomic mass is 16.5. The number of nitrogens with zero attached hydrogens (tertiary/aromatic N) is 3. The molecule has 1 aliphatic carbocycles. The van der Waals surface area contributed by atoms with Gasteiger partial charge in [-0.25, -0.2) is 0 Å². The minimum absolute atomic E-state index is 0.0627. The van der Waals surface area contributed by atoms with Crippen LogP contribution in [0.15, 0.2) is 34.9 Å². The number of methoxy groups -OCH3 is 1. The van der Waals surface area contributed by atoms with Crippen LogP contribution in [0.4, 0.5) is 0 Å². The van der Waals surface area contributed by atoms with Crippen LogP contribution in [-0.2, 0) is 10.2 Å². The summed E-state index contributed by atoms with van der Waals surface area (Å²) in [6.07, 6.45) is 3.00. The van der Waals surface area contributed by atoms with E-state index in [4.69, 9.17) is 14.2 Å². The molecule has 2 fully saturated rings. The molecule has 1 aliphatic heterocycles. The summed E-state index contributed by atoms with van der Waals surface area (Å²) in [7, 11) is 1.62. The Bertz CT molecular complexity index is 705. The molecule has 0 bridgehead atoms. The van der Waals surface area contributed by atoms with E-state index in [0.717, 1.165) is 31.0 Å². The lowest BCUT2D eigenvalue weighted by Gasteiger charge is -2.25. The number of hydrogen-bond donors (Lipinski definition) is 1. The van der Waals surface area contributed by atoms with Crippen molar-refractivity contribution in [3.8, 4) is 11.4 Å². The summed E-state index contributed by atoms with van der Waals surface area (Å²) in [4.78, 5) is 7.07. The summed E-state index contributed by atoms with van der Waals surface area (Å²) in [6, 6.07) is 9.95. The Morgan fingerprint density at radius 3 is 3.04 bits per heavy atom. The molecule has 0 spiro atoms. The first-order valence-electron chi connectivity index (χ1n) is 9.00. The van der Waals surface area contributed by atoms with E-state index in [1.54, 1.807) is 7.11 Å². The second-order valence-electron chi connectivity index (χ2n) is 7.34. The van der Waals surface area contributed by atoms with Gasteiger partial charge in [-0.3, -0.25) is 4.90 Å². The fourth-order valence-corrected chi connectivity index (χ4v) is 4.56. The van der Waals surface area contributed by atoms with E-state index >= 15 is 0 Å². The third-order valence-electron chi connectivity index (χ3n) is 5.65. The first-order chi connectivity index (χ1) is 12.2. The zero-order valence-electron chi connectivity index (χ0n) is 14.6. The number of benzene rings is 1. The van der Waals surface area contributed by atoms with Gasteiger partial charge in [-0.2, -0.15) is 4.98 Å². The van der Waals surface area contributed by atoms with Crippen LogP contribution in [0, 0.1) is 5.92 Å². The van der Waals surface area contributed by atoms with E-state index < -0.39 is 6.10 Å². The standard InChI is InChI=1S/C19H25N3O3/c1-24-12-16(23)11-22-10-15-8-5-9-19(15,13-22)18-20-17(21-25-18)14-6-3-2-4-7-14/h2-4,6-7,15-16,23H,5,8-13H2,1H3/t15-,16+,19-/m1/s1. The number of fused-ring (bicyclic) bond motifs is 1. The highest BCUT2D eigenvalue weighted by Crippen LogP contribution is 2.50. The van der Waals surface area contributed by atoms with Gasteiger partial charge >= 0.3 is 0 Å². The van der Waals surface area contributed by atoms with Gasteiger partial charge in [-0.15, -0.1) is 0 Å². The molecule has 0 radical (unpaired) electrons. The molecule has 4 rings (SSSR count). The minimum atomic E-state index is -0.455. The first kappa shape index (κ1) is 16.7. The predicted octanol–water partition coefficient (Wildman–Crippen LogP) is 2.10. The predicted molar refractivity (Wildman–Crippen MR) is 93.1 cm³/mol. The second-order valence-corrected chi connectivity index (χ2v) is 7.34. The molecule has 6 heteroatoms. The lowest BCUT2D eigenvalue weighted by Crippen LogP contribution is -2.36. The fourth-order valence-electron chi connectivity index (χ4n) is 4.56. The number of aliphatic hydroxyl groups excluding tert-OH is 1. The third-order valence-corrected chi connectivity index (χ3v) is 5.65.